The lowest BCUT2D eigenvalue weighted by atomic mass is 10.0. The molecule has 18 heavy (non-hydrogen) atoms. The highest BCUT2D eigenvalue weighted by atomic mass is 31.2. The maximum atomic E-state index is 11.9. The second-order valence-corrected chi connectivity index (χ2v) is 5.61. The zero-order valence-electron chi connectivity index (χ0n) is 10.9. The Morgan fingerprint density at radius 2 is 1.72 bits per heavy atom. The van der Waals surface area contributed by atoms with Crippen molar-refractivity contribution in [2.24, 2.45) is 0 Å². The van der Waals surface area contributed by atoms with Gasteiger partial charge in [0.15, 0.2) is 11.5 Å². The van der Waals surface area contributed by atoms with Crippen LogP contribution in [0.25, 0.3) is 0 Å². The number of rotatable bonds is 6. The smallest absolute Gasteiger partial charge is 0.391 e. The fourth-order valence-corrected chi connectivity index (χ4v) is 2.88. The summed E-state index contributed by atoms with van der Waals surface area (Å²) in [5.74, 6) is -0.0710. The number of hydrogen-bond acceptors (Lipinski definition) is 3. The van der Waals surface area contributed by atoms with Crippen LogP contribution in [-0.4, -0.2) is 15.6 Å². The molecule has 5 nitrogen and oxygen atoms in total. The third-order valence-corrected chi connectivity index (χ3v) is 3.69. The molecule has 2 N–H and O–H groups in total. The Bertz CT molecular complexity index is 483. The largest absolute Gasteiger partial charge is 0.444 e. The SMILES string of the molecule is CCCC(=O)c1oc(P(=O)(O)O)c(CC)c1CC. The van der Waals surface area contributed by atoms with Crippen molar-refractivity contribution in [1.82, 2.24) is 0 Å². The van der Waals surface area contributed by atoms with Gasteiger partial charge in [-0.05, 0) is 19.3 Å². The van der Waals surface area contributed by atoms with Crippen LogP contribution in [0, 0.1) is 0 Å². The predicted molar refractivity (Wildman–Crippen MR) is 68.4 cm³/mol. The monoisotopic (exact) mass is 274 g/mol. The molecule has 0 spiro atoms. The van der Waals surface area contributed by atoms with E-state index in [9.17, 15) is 19.1 Å². The standard InChI is InChI=1S/C12H19O5P/c1-4-7-10(13)11-8(5-2)9(6-3)12(17-11)18(14,15)16/h4-7H2,1-3H3,(H2,14,15,16). The first-order chi connectivity index (χ1) is 8.36. The van der Waals surface area contributed by atoms with Gasteiger partial charge < -0.3 is 14.2 Å². The first-order valence-electron chi connectivity index (χ1n) is 6.10. The van der Waals surface area contributed by atoms with Crippen molar-refractivity contribution >= 4 is 18.9 Å². The van der Waals surface area contributed by atoms with Gasteiger partial charge in [-0.25, -0.2) is 0 Å². The minimum atomic E-state index is -4.47. The molecule has 1 rings (SSSR count). The second-order valence-electron chi connectivity index (χ2n) is 4.12. The van der Waals surface area contributed by atoms with Crippen LogP contribution in [0.15, 0.2) is 4.42 Å². The summed E-state index contributed by atoms with van der Waals surface area (Å²) in [5, 5.41) is 0. The van der Waals surface area contributed by atoms with Crippen LogP contribution in [0.4, 0.5) is 0 Å². The van der Waals surface area contributed by atoms with Crippen LogP contribution in [0.5, 0.6) is 0 Å². The Balaban J connectivity index is 3.41. The summed E-state index contributed by atoms with van der Waals surface area (Å²) in [6.45, 7) is 5.50. The highest BCUT2D eigenvalue weighted by molar-refractivity contribution is 7.59. The Morgan fingerprint density at radius 1 is 1.17 bits per heavy atom. The van der Waals surface area contributed by atoms with E-state index in [4.69, 9.17) is 4.42 Å². The number of hydrogen-bond donors (Lipinski definition) is 2. The van der Waals surface area contributed by atoms with Gasteiger partial charge in [-0.15, -0.1) is 0 Å². The van der Waals surface area contributed by atoms with Crippen molar-refractivity contribution < 1.29 is 23.6 Å². The number of Topliss-reactive ketones (excluding diaryl/α,β-unsaturated/α-hetero) is 1. The quantitative estimate of drug-likeness (QED) is 0.613. The number of carbonyl (C=O) groups is 1. The Hall–Kier alpha value is -0.900. The molecule has 0 radical (unpaired) electrons. The van der Waals surface area contributed by atoms with E-state index in [1.54, 1.807) is 6.92 Å². The van der Waals surface area contributed by atoms with Gasteiger partial charge in [-0.2, -0.15) is 0 Å². The summed E-state index contributed by atoms with van der Waals surface area (Å²) >= 11 is 0. The van der Waals surface area contributed by atoms with Crippen molar-refractivity contribution in [2.75, 3.05) is 0 Å². The third kappa shape index (κ3) is 2.91. The van der Waals surface area contributed by atoms with E-state index >= 15 is 0 Å². The van der Waals surface area contributed by atoms with E-state index in [-0.39, 0.29) is 17.0 Å². The molecule has 102 valence electrons. The molecule has 0 aromatic carbocycles. The molecule has 0 saturated carbocycles. The van der Waals surface area contributed by atoms with Gasteiger partial charge >= 0.3 is 7.60 Å². The van der Waals surface area contributed by atoms with Gasteiger partial charge in [0, 0.05) is 17.5 Å². The van der Waals surface area contributed by atoms with E-state index in [0.29, 0.717) is 36.8 Å². The van der Waals surface area contributed by atoms with Crippen LogP contribution >= 0.6 is 7.60 Å². The summed E-state index contributed by atoms with van der Waals surface area (Å²) in [4.78, 5) is 30.4. The number of ketones is 1. The lowest BCUT2D eigenvalue weighted by Crippen LogP contribution is -2.07. The molecule has 0 aliphatic rings. The van der Waals surface area contributed by atoms with Gasteiger partial charge in [0.25, 0.3) is 0 Å². The first-order valence-corrected chi connectivity index (χ1v) is 7.71. The number of furan rings is 1. The van der Waals surface area contributed by atoms with Gasteiger partial charge in [0.05, 0.1) is 0 Å². The van der Waals surface area contributed by atoms with Crippen molar-refractivity contribution in [3.63, 3.8) is 0 Å². The summed E-state index contributed by atoms with van der Waals surface area (Å²) in [6, 6.07) is 0. The van der Waals surface area contributed by atoms with Gasteiger partial charge in [0.1, 0.15) is 0 Å². The van der Waals surface area contributed by atoms with E-state index in [1.807, 2.05) is 13.8 Å². The fraction of sp³-hybridized carbons (Fsp3) is 0.583. The van der Waals surface area contributed by atoms with Crippen LogP contribution in [0.3, 0.4) is 0 Å². The molecular formula is C12H19O5P. The molecular weight excluding hydrogens is 255 g/mol. The molecule has 0 atom stereocenters. The zero-order chi connectivity index (χ0) is 13.9. The average Bonchev–Trinajstić information content (AvgIpc) is 2.67. The molecule has 6 heteroatoms. The maximum absolute atomic E-state index is 11.9. The lowest BCUT2D eigenvalue weighted by molar-refractivity contribution is 0.0955. The topological polar surface area (TPSA) is 87.7 Å². The van der Waals surface area contributed by atoms with E-state index in [1.165, 1.54) is 0 Å². The molecule has 0 fully saturated rings. The normalized spacial score (nSPS) is 11.8. The van der Waals surface area contributed by atoms with E-state index < -0.39 is 7.60 Å². The summed E-state index contributed by atoms with van der Waals surface area (Å²) < 4.78 is 16.6. The first kappa shape index (κ1) is 15.2. The molecule has 0 unspecified atom stereocenters. The van der Waals surface area contributed by atoms with Gasteiger partial charge in [-0.1, -0.05) is 20.8 Å². The Morgan fingerprint density at radius 3 is 2.11 bits per heavy atom. The van der Waals surface area contributed by atoms with Crippen LogP contribution in [-0.2, 0) is 17.4 Å². The molecule has 0 bridgehead atoms. The van der Waals surface area contributed by atoms with E-state index in [2.05, 4.69) is 0 Å². The van der Waals surface area contributed by atoms with E-state index in [0.717, 1.165) is 0 Å². The molecule has 1 aromatic rings. The molecule has 0 aliphatic heterocycles. The van der Waals surface area contributed by atoms with Crippen molar-refractivity contribution in [2.45, 2.75) is 46.5 Å². The van der Waals surface area contributed by atoms with Crippen molar-refractivity contribution in [1.29, 1.82) is 0 Å². The lowest BCUT2D eigenvalue weighted by Gasteiger charge is -2.02. The summed E-state index contributed by atoms with van der Waals surface area (Å²) in [5.41, 5.74) is 0.765. The minimum absolute atomic E-state index is 0.120. The summed E-state index contributed by atoms with van der Waals surface area (Å²) in [7, 11) is -4.47. The summed E-state index contributed by atoms with van der Waals surface area (Å²) in [6.07, 6.45) is 1.96. The highest BCUT2D eigenvalue weighted by Gasteiger charge is 2.31. The van der Waals surface area contributed by atoms with Crippen LogP contribution < -0.4 is 5.50 Å². The molecule has 1 heterocycles. The zero-order valence-corrected chi connectivity index (χ0v) is 11.8. The second kappa shape index (κ2) is 5.83. The highest BCUT2D eigenvalue weighted by Crippen LogP contribution is 2.38. The van der Waals surface area contributed by atoms with Crippen LogP contribution in [0.1, 0.15) is 55.3 Å². The Labute approximate surface area is 106 Å². The van der Waals surface area contributed by atoms with Crippen molar-refractivity contribution in [3.05, 3.63) is 16.9 Å². The van der Waals surface area contributed by atoms with Gasteiger partial charge in [-0.3, -0.25) is 9.36 Å². The Kier molecular flexibility index (Phi) is 4.91. The molecule has 0 amide bonds. The minimum Gasteiger partial charge on any atom is -0.444 e. The third-order valence-electron chi connectivity index (χ3n) is 2.80. The molecule has 0 aliphatic carbocycles. The average molecular weight is 274 g/mol. The fourth-order valence-electron chi connectivity index (χ4n) is 2.03. The van der Waals surface area contributed by atoms with Crippen molar-refractivity contribution in [3.8, 4) is 0 Å². The molecule has 1 aromatic heterocycles. The number of carbonyl (C=O) groups excluding carboxylic acids is 1. The predicted octanol–water partition coefficient (Wildman–Crippen LogP) is 2.19. The maximum Gasteiger partial charge on any atom is 0.391 e. The van der Waals surface area contributed by atoms with Gasteiger partial charge in [0.2, 0.25) is 5.50 Å². The van der Waals surface area contributed by atoms with Crippen LogP contribution in [0.2, 0.25) is 0 Å². The molecule has 0 saturated heterocycles.